The summed E-state index contributed by atoms with van der Waals surface area (Å²) in [6.07, 6.45) is 6.99. The van der Waals surface area contributed by atoms with Crippen LogP contribution in [0.2, 0.25) is 0 Å². The average Bonchev–Trinajstić information content (AvgIpc) is 3.13. The lowest BCUT2D eigenvalue weighted by Crippen LogP contribution is -2.14. The van der Waals surface area contributed by atoms with Crippen molar-refractivity contribution >= 4 is 57.3 Å². The molecule has 186 valence electrons. The molecule has 9 heteroatoms. The number of terminal acetylenes is 1. The van der Waals surface area contributed by atoms with Gasteiger partial charge in [-0.05, 0) is 79.3 Å². The van der Waals surface area contributed by atoms with Crippen molar-refractivity contribution in [2.75, 3.05) is 19.8 Å². The molecule has 2 aromatic rings. The molecule has 1 amide bonds. The van der Waals surface area contributed by atoms with Crippen molar-refractivity contribution < 1.29 is 28.9 Å². The van der Waals surface area contributed by atoms with Crippen LogP contribution in [0.4, 0.5) is 0 Å². The summed E-state index contributed by atoms with van der Waals surface area (Å²) in [6, 6.07) is 10.5. The Hall–Kier alpha value is -3.23. The fourth-order valence-electron chi connectivity index (χ4n) is 3.18. The van der Waals surface area contributed by atoms with Crippen molar-refractivity contribution in [3.63, 3.8) is 0 Å². The van der Waals surface area contributed by atoms with Crippen LogP contribution in [0.1, 0.15) is 35.3 Å². The molecular weight excluding hydrogens is 593 g/mol. The number of hydrogen-bond donors (Lipinski definition) is 1. The fraction of sp³-hybridized carbons (Fsp3) is 0.222. The molecule has 0 saturated heterocycles. The number of rotatable bonds is 8. The number of aliphatic hydroxyl groups is 1. The number of carbonyl (C=O) groups excluding carboxylic acids is 2. The zero-order valence-corrected chi connectivity index (χ0v) is 22.9. The van der Waals surface area contributed by atoms with Crippen molar-refractivity contribution in [2.45, 2.75) is 20.8 Å². The number of carbonyl (C=O) groups is 2. The number of ether oxygens (including phenoxy) is 3. The Bertz CT molecular complexity index is 1300. The molecule has 0 aromatic heterocycles. The minimum atomic E-state index is -0.760. The van der Waals surface area contributed by atoms with Crippen LogP contribution in [0.5, 0.6) is 11.5 Å². The normalized spacial score (nSPS) is 15.2. The van der Waals surface area contributed by atoms with Crippen LogP contribution >= 0.6 is 34.4 Å². The molecule has 0 fully saturated rings. The molecule has 1 aliphatic rings. The first kappa shape index (κ1) is 27.4. The number of aryl methyl sites for hydroxylation is 1. The third-order valence-corrected chi connectivity index (χ3v) is 6.62. The highest BCUT2D eigenvalue weighted by molar-refractivity contribution is 14.1. The largest absolute Gasteiger partial charge is 0.506 e. The first-order valence-electron chi connectivity index (χ1n) is 11.0. The zero-order chi connectivity index (χ0) is 26.2. The minimum Gasteiger partial charge on any atom is -0.506 e. The molecule has 7 nitrogen and oxygen atoms in total. The van der Waals surface area contributed by atoms with Gasteiger partial charge in [0.1, 0.15) is 23.0 Å². The number of esters is 1. The van der Waals surface area contributed by atoms with Crippen LogP contribution in [0.15, 0.2) is 57.6 Å². The van der Waals surface area contributed by atoms with Crippen molar-refractivity contribution in [1.82, 2.24) is 0 Å². The fourth-order valence-corrected chi connectivity index (χ4v) is 4.98. The molecule has 0 spiro atoms. The van der Waals surface area contributed by atoms with Crippen LogP contribution in [0, 0.1) is 22.8 Å². The Labute approximate surface area is 227 Å². The number of aliphatic hydroxyl groups excluding tert-OH is 1. The van der Waals surface area contributed by atoms with E-state index in [9.17, 15) is 14.7 Å². The highest BCUT2D eigenvalue weighted by atomic mass is 127. The molecule has 2 aromatic carbocycles. The maximum absolute atomic E-state index is 12.8. The van der Waals surface area contributed by atoms with E-state index in [4.69, 9.17) is 20.6 Å². The molecule has 0 radical (unpaired) electrons. The highest BCUT2D eigenvalue weighted by Gasteiger charge is 2.34. The summed E-state index contributed by atoms with van der Waals surface area (Å²) in [4.78, 5) is 29.9. The Morgan fingerprint density at radius 2 is 1.89 bits per heavy atom. The number of halogens is 1. The van der Waals surface area contributed by atoms with Gasteiger partial charge in [-0.25, -0.2) is 9.79 Å². The van der Waals surface area contributed by atoms with Crippen molar-refractivity contribution in [1.29, 1.82) is 0 Å². The van der Waals surface area contributed by atoms with E-state index >= 15 is 0 Å². The Balaban J connectivity index is 2.03. The third-order valence-electron chi connectivity index (χ3n) is 4.80. The third kappa shape index (κ3) is 6.50. The van der Waals surface area contributed by atoms with E-state index < -0.39 is 11.9 Å². The average molecular weight is 617 g/mol. The summed E-state index contributed by atoms with van der Waals surface area (Å²) in [5.41, 5.74) is 1.90. The van der Waals surface area contributed by atoms with Gasteiger partial charge in [-0.1, -0.05) is 35.4 Å². The maximum atomic E-state index is 12.8. The number of thioether (sulfide) groups is 1. The van der Waals surface area contributed by atoms with Gasteiger partial charge < -0.3 is 19.3 Å². The number of aliphatic imine (C=N–C) groups is 1. The van der Waals surface area contributed by atoms with Gasteiger partial charge in [-0.2, -0.15) is 0 Å². The quantitative estimate of drug-likeness (QED) is 0.230. The van der Waals surface area contributed by atoms with Gasteiger partial charge in [0, 0.05) is 5.56 Å². The van der Waals surface area contributed by atoms with Gasteiger partial charge in [0.25, 0.3) is 5.91 Å². The van der Waals surface area contributed by atoms with E-state index in [-0.39, 0.29) is 29.6 Å². The van der Waals surface area contributed by atoms with Gasteiger partial charge in [-0.15, -0.1) is 6.42 Å². The van der Waals surface area contributed by atoms with E-state index in [2.05, 4.69) is 33.5 Å². The molecule has 1 heterocycles. The van der Waals surface area contributed by atoms with E-state index in [1.165, 1.54) is 0 Å². The van der Waals surface area contributed by atoms with Crippen molar-refractivity contribution in [3.05, 3.63) is 72.9 Å². The molecule has 3 rings (SSSR count). The lowest BCUT2D eigenvalue weighted by atomic mass is 10.1. The summed E-state index contributed by atoms with van der Waals surface area (Å²) < 4.78 is 17.2. The standard InChI is InChI=1S/C27H24INO6S/c1-5-12-35-24-19(28)13-17(14-20(24)33-6-2)15-21-23(30)22(27(32)34-7-3)26(36-21)29-25(31)18-10-8-16(4)9-11-18/h1,8-11,13-15,30H,6-7,12H2,2-4H3/b21-15+,29-26?. The number of nitrogens with zero attached hydrogens (tertiary/aromatic N) is 1. The predicted octanol–water partition coefficient (Wildman–Crippen LogP) is 5.71. The highest BCUT2D eigenvalue weighted by Crippen LogP contribution is 2.41. The number of amides is 1. The smallest absolute Gasteiger partial charge is 0.344 e. The van der Waals surface area contributed by atoms with E-state index in [1.54, 1.807) is 43.3 Å². The molecule has 0 bridgehead atoms. The van der Waals surface area contributed by atoms with Crippen LogP contribution in [0.3, 0.4) is 0 Å². The summed E-state index contributed by atoms with van der Waals surface area (Å²) in [5, 5.41) is 11.0. The number of benzene rings is 2. The zero-order valence-electron chi connectivity index (χ0n) is 20.0. The van der Waals surface area contributed by atoms with Gasteiger partial charge >= 0.3 is 5.97 Å². The molecule has 0 atom stereocenters. The van der Waals surface area contributed by atoms with Crippen LogP contribution in [-0.2, 0) is 9.53 Å². The summed E-state index contributed by atoms with van der Waals surface area (Å²) >= 11 is 3.12. The SMILES string of the molecule is C#CCOc1c(I)cc(/C=C2/SC(=NC(=O)c3ccc(C)cc3)C(C(=O)OCC)=C2O)cc1OCC. The minimum absolute atomic E-state index is 0.0662. The topological polar surface area (TPSA) is 94.4 Å². The maximum Gasteiger partial charge on any atom is 0.344 e. The van der Waals surface area contributed by atoms with Gasteiger partial charge in [0.05, 0.1) is 21.7 Å². The van der Waals surface area contributed by atoms with Gasteiger partial charge in [0.15, 0.2) is 11.5 Å². The lowest BCUT2D eigenvalue weighted by molar-refractivity contribution is -0.138. The molecule has 0 unspecified atom stereocenters. The molecular formula is C27H24INO6S. The van der Waals surface area contributed by atoms with Crippen molar-refractivity contribution in [3.8, 4) is 23.8 Å². The summed E-state index contributed by atoms with van der Waals surface area (Å²) in [5.74, 6) is 1.85. The molecule has 0 saturated carbocycles. The Kier molecular flexibility index (Phi) is 9.61. The second kappa shape index (κ2) is 12.6. The summed E-state index contributed by atoms with van der Waals surface area (Å²) in [7, 11) is 0. The van der Waals surface area contributed by atoms with Crippen molar-refractivity contribution in [2.24, 2.45) is 4.99 Å². The lowest BCUT2D eigenvalue weighted by Gasteiger charge is -2.13. The molecule has 1 aliphatic heterocycles. The Morgan fingerprint density at radius 1 is 1.17 bits per heavy atom. The molecule has 1 N–H and O–H groups in total. The monoisotopic (exact) mass is 617 g/mol. The van der Waals surface area contributed by atoms with Gasteiger partial charge in [-0.3, -0.25) is 4.79 Å². The molecule has 0 aliphatic carbocycles. The first-order chi connectivity index (χ1) is 17.3. The first-order valence-corrected chi connectivity index (χ1v) is 12.9. The van der Waals surface area contributed by atoms with E-state index in [0.29, 0.717) is 34.1 Å². The van der Waals surface area contributed by atoms with E-state index in [0.717, 1.165) is 20.9 Å². The number of hydrogen-bond acceptors (Lipinski definition) is 7. The van der Waals surface area contributed by atoms with Crippen LogP contribution in [0.25, 0.3) is 6.08 Å². The second-order valence-corrected chi connectivity index (χ2v) is 9.59. The summed E-state index contributed by atoms with van der Waals surface area (Å²) in [6.45, 7) is 6.03. The predicted molar refractivity (Wildman–Crippen MR) is 149 cm³/mol. The van der Waals surface area contributed by atoms with E-state index in [1.807, 2.05) is 19.9 Å². The Morgan fingerprint density at radius 3 is 2.53 bits per heavy atom. The van der Waals surface area contributed by atoms with Gasteiger partial charge in [0.2, 0.25) is 0 Å². The van der Waals surface area contributed by atoms with Crippen LogP contribution in [-0.4, -0.2) is 41.8 Å². The second-order valence-electron chi connectivity index (χ2n) is 7.40. The van der Waals surface area contributed by atoms with Crippen LogP contribution < -0.4 is 9.47 Å². The molecule has 36 heavy (non-hydrogen) atoms.